The van der Waals surface area contributed by atoms with Gasteiger partial charge in [0, 0.05) is 32.0 Å². The number of ether oxygens (including phenoxy) is 1. The Morgan fingerprint density at radius 2 is 2.05 bits per heavy atom. The second kappa shape index (κ2) is 5.91. The van der Waals surface area contributed by atoms with Crippen LogP contribution in [0.3, 0.4) is 0 Å². The summed E-state index contributed by atoms with van der Waals surface area (Å²) in [6.45, 7) is 0.802. The molecular formula is C16H14Br2OS2. The van der Waals surface area contributed by atoms with Gasteiger partial charge in [-0.25, -0.2) is 0 Å². The number of thiophene rings is 1. The van der Waals surface area contributed by atoms with Gasteiger partial charge in [-0.2, -0.15) is 11.8 Å². The zero-order valence-electron chi connectivity index (χ0n) is 11.3. The SMILES string of the molecule is Brc1cc2c(c(C(Br)c3cc4c(s3)CCSC4)c1)OCC2. The van der Waals surface area contributed by atoms with Crippen LogP contribution in [0.1, 0.15) is 31.3 Å². The molecule has 0 aliphatic carbocycles. The van der Waals surface area contributed by atoms with Crippen LogP contribution in [0, 0.1) is 0 Å². The van der Waals surface area contributed by atoms with E-state index in [1.165, 1.54) is 39.5 Å². The van der Waals surface area contributed by atoms with E-state index in [0.29, 0.717) is 0 Å². The maximum absolute atomic E-state index is 5.88. The van der Waals surface area contributed by atoms with Crippen molar-refractivity contribution in [1.82, 2.24) is 0 Å². The molecule has 1 nitrogen and oxygen atoms in total. The van der Waals surface area contributed by atoms with Crippen molar-refractivity contribution in [2.24, 2.45) is 0 Å². The summed E-state index contributed by atoms with van der Waals surface area (Å²) >= 11 is 11.5. The van der Waals surface area contributed by atoms with E-state index in [4.69, 9.17) is 4.74 Å². The van der Waals surface area contributed by atoms with Crippen molar-refractivity contribution in [3.63, 3.8) is 0 Å². The highest BCUT2D eigenvalue weighted by Crippen LogP contribution is 2.46. The molecule has 1 atom stereocenters. The number of rotatable bonds is 2. The van der Waals surface area contributed by atoms with Crippen LogP contribution in [-0.4, -0.2) is 12.4 Å². The Balaban J connectivity index is 1.75. The minimum Gasteiger partial charge on any atom is -0.493 e. The molecule has 0 bridgehead atoms. The first-order valence-electron chi connectivity index (χ1n) is 7.01. The van der Waals surface area contributed by atoms with Crippen molar-refractivity contribution in [3.05, 3.63) is 49.1 Å². The van der Waals surface area contributed by atoms with Gasteiger partial charge in [0.2, 0.25) is 0 Å². The summed E-state index contributed by atoms with van der Waals surface area (Å²) in [6, 6.07) is 6.76. The minimum absolute atomic E-state index is 0.224. The Morgan fingerprint density at radius 3 is 2.90 bits per heavy atom. The number of fused-ring (bicyclic) bond motifs is 2. The molecule has 2 aliphatic rings. The summed E-state index contributed by atoms with van der Waals surface area (Å²) in [5.74, 6) is 3.51. The predicted molar refractivity (Wildman–Crippen MR) is 98.3 cm³/mol. The fourth-order valence-corrected chi connectivity index (χ4v) is 6.58. The molecule has 4 rings (SSSR count). The van der Waals surface area contributed by atoms with Crippen LogP contribution in [0.2, 0.25) is 0 Å². The summed E-state index contributed by atoms with van der Waals surface area (Å²) in [5.41, 5.74) is 4.10. The smallest absolute Gasteiger partial charge is 0.127 e. The van der Waals surface area contributed by atoms with Crippen LogP contribution in [0.5, 0.6) is 5.75 Å². The van der Waals surface area contributed by atoms with Crippen molar-refractivity contribution in [1.29, 1.82) is 0 Å². The molecule has 2 aromatic rings. The molecule has 0 N–H and O–H groups in total. The van der Waals surface area contributed by atoms with Crippen LogP contribution < -0.4 is 4.74 Å². The molecule has 110 valence electrons. The zero-order valence-corrected chi connectivity index (χ0v) is 16.1. The fourth-order valence-electron chi connectivity index (χ4n) is 2.93. The van der Waals surface area contributed by atoms with E-state index >= 15 is 0 Å². The van der Waals surface area contributed by atoms with Gasteiger partial charge in [-0.15, -0.1) is 11.3 Å². The molecule has 0 saturated carbocycles. The largest absolute Gasteiger partial charge is 0.493 e. The Hall–Kier alpha value is 0.0300. The summed E-state index contributed by atoms with van der Waals surface area (Å²) in [6.07, 6.45) is 2.23. The number of hydrogen-bond acceptors (Lipinski definition) is 3. The monoisotopic (exact) mass is 444 g/mol. The average molecular weight is 446 g/mol. The highest BCUT2D eigenvalue weighted by Gasteiger charge is 2.25. The predicted octanol–water partition coefficient (Wildman–Crippen LogP) is 5.72. The quantitative estimate of drug-likeness (QED) is 0.546. The van der Waals surface area contributed by atoms with E-state index in [1.54, 1.807) is 4.88 Å². The maximum atomic E-state index is 5.88. The Morgan fingerprint density at radius 1 is 1.14 bits per heavy atom. The second-order valence-electron chi connectivity index (χ2n) is 5.34. The van der Waals surface area contributed by atoms with Crippen LogP contribution in [0.15, 0.2) is 22.7 Å². The molecule has 2 aliphatic heterocycles. The first-order valence-corrected chi connectivity index (χ1v) is 10.7. The maximum Gasteiger partial charge on any atom is 0.127 e. The average Bonchev–Trinajstić information content (AvgIpc) is 3.11. The second-order valence-corrected chi connectivity index (χ2v) is 9.45. The lowest BCUT2D eigenvalue weighted by atomic mass is 10.0. The van der Waals surface area contributed by atoms with E-state index in [1.807, 2.05) is 23.1 Å². The topological polar surface area (TPSA) is 9.23 Å². The number of hydrogen-bond donors (Lipinski definition) is 0. The Kier molecular flexibility index (Phi) is 4.11. The highest BCUT2D eigenvalue weighted by atomic mass is 79.9. The highest BCUT2D eigenvalue weighted by molar-refractivity contribution is 9.10. The lowest BCUT2D eigenvalue weighted by molar-refractivity contribution is 0.354. The van der Waals surface area contributed by atoms with Crippen molar-refractivity contribution in [3.8, 4) is 5.75 Å². The van der Waals surface area contributed by atoms with Crippen molar-refractivity contribution >= 4 is 55.0 Å². The van der Waals surface area contributed by atoms with Crippen LogP contribution in [-0.2, 0) is 18.6 Å². The summed E-state index contributed by atoms with van der Waals surface area (Å²) < 4.78 is 7.02. The molecule has 0 fully saturated rings. The van der Waals surface area contributed by atoms with Gasteiger partial charge in [0.25, 0.3) is 0 Å². The molecule has 1 aromatic carbocycles. The van der Waals surface area contributed by atoms with Gasteiger partial charge >= 0.3 is 0 Å². The lowest BCUT2D eigenvalue weighted by Gasteiger charge is -2.13. The van der Waals surface area contributed by atoms with Gasteiger partial charge in [0.15, 0.2) is 0 Å². The first kappa shape index (κ1) is 14.6. The van der Waals surface area contributed by atoms with Gasteiger partial charge in [-0.3, -0.25) is 0 Å². The van der Waals surface area contributed by atoms with Crippen LogP contribution in [0.25, 0.3) is 0 Å². The molecule has 0 spiro atoms. The van der Waals surface area contributed by atoms with Gasteiger partial charge in [0.1, 0.15) is 5.75 Å². The van der Waals surface area contributed by atoms with Crippen molar-refractivity contribution in [2.45, 2.75) is 23.4 Å². The Labute approximate surface area is 149 Å². The number of aryl methyl sites for hydroxylation is 1. The van der Waals surface area contributed by atoms with Gasteiger partial charge in [0.05, 0.1) is 11.4 Å². The first-order chi connectivity index (χ1) is 10.2. The lowest BCUT2D eigenvalue weighted by Crippen LogP contribution is -1.96. The van der Waals surface area contributed by atoms with Gasteiger partial charge < -0.3 is 4.74 Å². The molecular weight excluding hydrogens is 432 g/mol. The fraction of sp³-hybridized carbons (Fsp3) is 0.375. The summed E-state index contributed by atoms with van der Waals surface area (Å²) in [4.78, 5) is 3.20. The number of halogens is 2. The molecule has 3 heterocycles. The van der Waals surface area contributed by atoms with E-state index < -0.39 is 0 Å². The zero-order chi connectivity index (χ0) is 14.4. The summed E-state index contributed by atoms with van der Waals surface area (Å²) in [7, 11) is 0. The molecule has 0 amide bonds. The van der Waals surface area contributed by atoms with E-state index in [2.05, 4.69) is 50.1 Å². The molecule has 21 heavy (non-hydrogen) atoms. The third kappa shape index (κ3) is 2.71. The molecule has 0 radical (unpaired) electrons. The third-order valence-corrected chi connectivity index (χ3v) is 8.00. The third-order valence-electron chi connectivity index (χ3n) is 3.95. The van der Waals surface area contributed by atoms with Crippen molar-refractivity contribution < 1.29 is 4.74 Å². The summed E-state index contributed by atoms with van der Waals surface area (Å²) in [5, 5.41) is 0. The van der Waals surface area contributed by atoms with E-state index in [9.17, 15) is 0 Å². The van der Waals surface area contributed by atoms with E-state index in [0.717, 1.165) is 23.2 Å². The van der Waals surface area contributed by atoms with Crippen molar-refractivity contribution in [2.75, 3.05) is 12.4 Å². The molecule has 5 heteroatoms. The number of benzene rings is 1. The van der Waals surface area contributed by atoms with Crippen LogP contribution in [0.4, 0.5) is 0 Å². The van der Waals surface area contributed by atoms with Crippen LogP contribution >= 0.6 is 55.0 Å². The van der Waals surface area contributed by atoms with Gasteiger partial charge in [-0.05, 0) is 41.5 Å². The standard InChI is InChI=1S/C16H14Br2OS2/c17-11-5-9-1-3-19-16(9)12(7-11)15(18)14-6-10-8-20-4-2-13(10)21-14/h5-7,15H,1-4,8H2. The normalized spacial score (nSPS) is 18.0. The minimum atomic E-state index is 0.224. The molecule has 1 unspecified atom stereocenters. The Bertz CT molecular complexity index is 672. The molecule has 1 aromatic heterocycles. The van der Waals surface area contributed by atoms with Gasteiger partial charge in [-0.1, -0.05) is 31.9 Å². The molecule has 0 saturated heterocycles. The van der Waals surface area contributed by atoms with E-state index in [-0.39, 0.29) is 4.83 Å². The number of alkyl halides is 1. The number of thioether (sulfide) groups is 1.